The van der Waals surface area contributed by atoms with Crippen molar-refractivity contribution >= 4 is 27.6 Å². The van der Waals surface area contributed by atoms with E-state index < -0.39 is 22.0 Å². The second kappa shape index (κ2) is 10.9. The van der Waals surface area contributed by atoms with E-state index in [9.17, 15) is 13.2 Å². The van der Waals surface area contributed by atoms with Gasteiger partial charge in [0, 0.05) is 31.2 Å². The fraction of sp³-hybridized carbons (Fsp3) is 0.375. The number of hydrogen-bond acceptors (Lipinski definition) is 7. The molecule has 3 aromatic rings. The van der Waals surface area contributed by atoms with Gasteiger partial charge in [-0.05, 0) is 30.2 Å². The molecule has 1 aromatic heterocycles. The van der Waals surface area contributed by atoms with Gasteiger partial charge >= 0.3 is 5.97 Å². The second-order valence-electron chi connectivity index (χ2n) is 8.65. The van der Waals surface area contributed by atoms with Gasteiger partial charge in [0.25, 0.3) is 0 Å². The summed E-state index contributed by atoms with van der Waals surface area (Å²) in [7, 11) is -2.46. The lowest BCUT2D eigenvalue weighted by molar-refractivity contribution is -0.145. The van der Waals surface area contributed by atoms with Gasteiger partial charge in [0.15, 0.2) is 0 Å². The van der Waals surface area contributed by atoms with E-state index in [0.29, 0.717) is 23.8 Å². The number of halogens is 1. The number of nitrogens with zero attached hydrogens (tertiary/aromatic N) is 5. The second-order valence-corrected chi connectivity index (χ2v) is 11.1. The molecule has 0 radical (unpaired) electrons. The number of carbonyl (C=O) groups is 1. The van der Waals surface area contributed by atoms with E-state index in [1.807, 2.05) is 42.3 Å². The number of aromatic nitrogens is 3. The van der Waals surface area contributed by atoms with Crippen LogP contribution in [0.4, 0.5) is 0 Å². The van der Waals surface area contributed by atoms with Crippen molar-refractivity contribution in [3.05, 3.63) is 82.1 Å². The molecule has 35 heavy (non-hydrogen) atoms. The quantitative estimate of drug-likeness (QED) is 0.444. The first kappa shape index (κ1) is 25.3. The van der Waals surface area contributed by atoms with Crippen molar-refractivity contribution < 1.29 is 17.9 Å². The van der Waals surface area contributed by atoms with Crippen LogP contribution >= 0.6 is 11.6 Å². The fourth-order valence-electron chi connectivity index (χ4n) is 4.03. The van der Waals surface area contributed by atoms with Crippen molar-refractivity contribution in [2.24, 2.45) is 0 Å². The van der Waals surface area contributed by atoms with Crippen LogP contribution in [0.1, 0.15) is 22.4 Å². The highest BCUT2D eigenvalue weighted by atomic mass is 35.5. The zero-order chi connectivity index (χ0) is 25.0. The Labute approximate surface area is 210 Å². The van der Waals surface area contributed by atoms with Crippen LogP contribution < -0.4 is 0 Å². The molecule has 0 saturated carbocycles. The van der Waals surface area contributed by atoms with Crippen molar-refractivity contribution in [3.63, 3.8) is 0 Å². The van der Waals surface area contributed by atoms with E-state index in [4.69, 9.17) is 16.3 Å². The summed E-state index contributed by atoms with van der Waals surface area (Å²) in [6, 6.07) is 14.1. The van der Waals surface area contributed by atoms with E-state index in [-0.39, 0.29) is 25.4 Å². The number of rotatable bonds is 7. The minimum Gasteiger partial charge on any atom is -0.468 e. The summed E-state index contributed by atoms with van der Waals surface area (Å²) in [5, 5.41) is 9.02. The summed E-state index contributed by atoms with van der Waals surface area (Å²) >= 11 is 5.96. The molecule has 186 valence electrons. The Kier molecular flexibility index (Phi) is 7.85. The van der Waals surface area contributed by atoms with Crippen LogP contribution in [-0.2, 0) is 39.2 Å². The fourth-order valence-corrected chi connectivity index (χ4v) is 5.77. The van der Waals surface area contributed by atoms with Gasteiger partial charge in [-0.1, -0.05) is 58.8 Å². The van der Waals surface area contributed by atoms with Crippen LogP contribution in [0.25, 0.3) is 0 Å². The molecule has 0 bridgehead atoms. The minimum absolute atomic E-state index is 0.0554. The van der Waals surface area contributed by atoms with Crippen LogP contribution in [0.15, 0.2) is 54.7 Å². The SMILES string of the molecule is COC(=O)C1CN(Cc2cn(Cc3ccc(C)cc3)nn2)CCS(=O)(=O)N1Cc1ccc(Cl)cc1. The molecule has 11 heteroatoms. The molecule has 2 aromatic carbocycles. The van der Waals surface area contributed by atoms with Crippen molar-refractivity contribution in [2.45, 2.75) is 32.6 Å². The number of ether oxygens (including phenoxy) is 1. The largest absolute Gasteiger partial charge is 0.468 e. The smallest absolute Gasteiger partial charge is 0.325 e. The van der Waals surface area contributed by atoms with Crippen molar-refractivity contribution in [3.8, 4) is 0 Å². The van der Waals surface area contributed by atoms with Gasteiger partial charge in [-0.2, -0.15) is 4.31 Å². The van der Waals surface area contributed by atoms with E-state index in [1.165, 1.54) is 17.0 Å². The normalized spacial score (nSPS) is 18.8. The molecule has 0 amide bonds. The first-order chi connectivity index (χ1) is 16.7. The summed E-state index contributed by atoms with van der Waals surface area (Å²) < 4.78 is 34.3. The predicted octanol–water partition coefficient (Wildman–Crippen LogP) is 2.48. The molecule has 0 N–H and O–H groups in total. The van der Waals surface area contributed by atoms with Gasteiger partial charge < -0.3 is 4.74 Å². The van der Waals surface area contributed by atoms with Crippen molar-refractivity contribution in [1.29, 1.82) is 0 Å². The first-order valence-corrected chi connectivity index (χ1v) is 13.2. The standard InChI is InChI=1S/C24H28ClN5O4S/c1-18-3-5-19(6-4-18)13-29-16-22(26-27-29)15-28-11-12-35(32,33)30(23(17-28)24(31)34-2)14-20-7-9-21(25)10-8-20/h3-10,16,23H,11-15,17H2,1-2H3. The number of carbonyl (C=O) groups excluding carboxylic acids is 1. The van der Waals surface area contributed by atoms with E-state index >= 15 is 0 Å². The maximum absolute atomic E-state index is 13.2. The molecule has 0 spiro atoms. The zero-order valence-electron chi connectivity index (χ0n) is 19.7. The Hall–Kier alpha value is -2.79. The topological polar surface area (TPSA) is 97.6 Å². The third-order valence-electron chi connectivity index (χ3n) is 5.96. The molecule has 4 rings (SSSR count). The van der Waals surface area contributed by atoms with Crippen LogP contribution in [0.3, 0.4) is 0 Å². The summed E-state index contributed by atoms with van der Waals surface area (Å²) in [5.74, 6) is -0.719. The van der Waals surface area contributed by atoms with Gasteiger partial charge in [-0.15, -0.1) is 5.10 Å². The molecule has 1 atom stereocenters. The third kappa shape index (κ3) is 6.46. The number of methoxy groups -OCH3 is 1. The minimum atomic E-state index is -3.72. The van der Waals surface area contributed by atoms with Crippen molar-refractivity contribution in [2.75, 3.05) is 26.0 Å². The summed E-state index contributed by atoms with van der Waals surface area (Å²) in [4.78, 5) is 14.6. The number of sulfonamides is 1. The number of benzene rings is 2. The molecule has 9 nitrogen and oxygen atoms in total. The first-order valence-electron chi connectivity index (χ1n) is 11.2. The molecule has 2 heterocycles. The Balaban J connectivity index is 1.50. The third-order valence-corrected chi connectivity index (χ3v) is 8.01. The Morgan fingerprint density at radius 2 is 1.71 bits per heavy atom. The lowest BCUT2D eigenvalue weighted by atomic mass is 10.1. The Morgan fingerprint density at radius 3 is 2.40 bits per heavy atom. The molecular formula is C24H28ClN5O4S. The van der Waals surface area contributed by atoms with Gasteiger partial charge in [0.05, 0.1) is 31.3 Å². The number of hydrogen-bond donors (Lipinski definition) is 0. The summed E-state index contributed by atoms with van der Waals surface area (Å²) in [5.41, 5.74) is 3.73. The van der Waals surface area contributed by atoms with Gasteiger partial charge in [0.1, 0.15) is 6.04 Å². The van der Waals surface area contributed by atoms with Crippen molar-refractivity contribution in [1.82, 2.24) is 24.2 Å². The predicted molar refractivity (Wildman–Crippen MR) is 132 cm³/mol. The molecule has 1 saturated heterocycles. The maximum atomic E-state index is 13.2. The van der Waals surface area contributed by atoms with Gasteiger partial charge in [0.2, 0.25) is 10.0 Å². The molecule has 1 aliphatic heterocycles. The zero-order valence-corrected chi connectivity index (χ0v) is 21.2. The average molecular weight is 518 g/mol. The number of esters is 1. The molecular weight excluding hydrogens is 490 g/mol. The molecule has 1 unspecified atom stereocenters. The van der Waals surface area contributed by atoms with Crippen LogP contribution in [-0.4, -0.2) is 70.6 Å². The van der Waals surface area contributed by atoms with E-state index in [0.717, 1.165) is 11.1 Å². The monoisotopic (exact) mass is 517 g/mol. The molecule has 1 aliphatic rings. The lowest BCUT2D eigenvalue weighted by Crippen LogP contribution is -2.48. The van der Waals surface area contributed by atoms with Crippen LogP contribution in [0.2, 0.25) is 5.02 Å². The molecule has 1 fully saturated rings. The van der Waals surface area contributed by atoms with Gasteiger partial charge in [-0.25, -0.2) is 13.1 Å². The van der Waals surface area contributed by atoms with E-state index in [1.54, 1.807) is 28.9 Å². The molecule has 0 aliphatic carbocycles. The van der Waals surface area contributed by atoms with Gasteiger partial charge in [-0.3, -0.25) is 9.69 Å². The Bertz CT molecular complexity index is 1260. The maximum Gasteiger partial charge on any atom is 0.325 e. The summed E-state index contributed by atoms with van der Waals surface area (Å²) in [6.45, 7) is 3.49. The highest BCUT2D eigenvalue weighted by molar-refractivity contribution is 7.89. The van der Waals surface area contributed by atoms with E-state index in [2.05, 4.69) is 10.3 Å². The highest BCUT2D eigenvalue weighted by Gasteiger charge is 2.39. The highest BCUT2D eigenvalue weighted by Crippen LogP contribution is 2.21. The van der Waals surface area contributed by atoms with Crippen LogP contribution in [0.5, 0.6) is 0 Å². The average Bonchev–Trinajstić information content (AvgIpc) is 3.23. The van der Waals surface area contributed by atoms with Crippen LogP contribution in [0, 0.1) is 6.92 Å². The summed E-state index contributed by atoms with van der Waals surface area (Å²) in [6.07, 6.45) is 1.85. The number of aryl methyl sites for hydroxylation is 1. The Morgan fingerprint density at radius 1 is 1.06 bits per heavy atom. The lowest BCUT2D eigenvalue weighted by Gasteiger charge is -2.28.